The van der Waals surface area contributed by atoms with Gasteiger partial charge in [0, 0.05) is 0 Å². The van der Waals surface area contributed by atoms with Gasteiger partial charge < -0.3 is 4.74 Å². The van der Waals surface area contributed by atoms with Crippen molar-refractivity contribution in [2.45, 2.75) is 52.4 Å². The zero-order valence-electron chi connectivity index (χ0n) is 13.7. The van der Waals surface area contributed by atoms with Gasteiger partial charge in [-0.1, -0.05) is 57.8 Å². The number of ether oxygens (including phenoxy) is 1. The lowest BCUT2D eigenvalue weighted by atomic mass is 10.00. The van der Waals surface area contributed by atoms with Gasteiger partial charge in [-0.15, -0.1) is 0 Å². The van der Waals surface area contributed by atoms with Crippen LogP contribution in [0.5, 0.6) is 0 Å². The van der Waals surface area contributed by atoms with Crippen LogP contribution in [0.1, 0.15) is 37.4 Å². The second kappa shape index (κ2) is 7.07. The number of hydrogen-bond acceptors (Lipinski definition) is 2. The first-order chi connectivity index (χ1) is 9.25. The van der Waals surface area contributed by atoms with Crippen molar-refractivity contribution >= 4 is 14.0 Å². The maximum atomic E-state index is 12.3. The lowest BCUT2D eigenvalue weighted by Gasteiger charge is -2.27. The van der Waals surface area contributed by atoms with Gasteiger partial charge in [0.15, 0.2) is 0 Å². The van der Waals surface area contributed by atoms with Crippen LogP contribution in [0.25, 0.3) is 0 Å². The second-order valence-electron chi connectivity index (χ2n) is 6.89. The third kappa shape index (κ3) is 4.78. The SMILES string of the molecule is CCOC(=O)C(c1cccc(CC(C)C)c1)[Si](C)(C)C. The van der Waals surface area contributed by atoms with E-state index in [1.165, 1.54) is 5.56 Å². The number of rotatable bonds is 6. The highest BCUT2D eigenvalue weighted by molar-refractivity contribution is 6.80. The van der Waals surface area contributed by atoms with Crippen molar-refractivity contribution in [3.05, 3.63) is 35.4 Å². The Balaban J connectivity index is 3.11. The van der Waals surface area contributed by atoms with E-state index in [-0.39, 0.29) is 11.5 Å². The summed E-state index contributed by atoms with van der Waals surface area (Å²) in [4.78, 5) is 12.3. The zero-order chi connectivity index (χ0) is 15.3. The fourth-order valence-electron chi connectivity index (χ4n) is 2.59. The van der Waals surface area contributed by atoms with Crippen molar-refractivity contribution < 1.29 is 9.53 Å². The Labute approximate surface area is 124 Å². The van der Waals surface area contributed by atoms with Crippen molar-refractivity contribution in [2.75, 3.05) is 6.61 Å². The Hall–Kier alpha value is -1.09. The average molecular weight is 292 g/mol. The molecule has 0 bridgehead atoms. The molecular weight excluding hydrogens is 264 g/mol. The van der Waals surface area contributed by atoms with E-state index in [1.54, 1.807) is 0 Å². The Morgan fingerprint density at radius 2 is 1.90 bits per heavy atom. The molecule has 0 aromatic heterocycles. The summed E-state index contributed by atoms with van der Waals surface area (Å²) in [5.41, 5.74) is 2.36. The van der Waals surface area contributed by atoms with E-state index >= 15 is 0 Å². The summed E-state index contributed by atoms with van der Waals surface area (Å²) in [5, 5.41) is 0. The predicted molar refractivity (Wildman–Crippen MR) is 87.7 cm³/mol. The van der Waals surface area contributed by atoms with Crippen molar-refractivity contribution in [3.8, 4) is 0 Å². The number of esters is 1. The monoisotopic (exact) mass is 292 g/mol. The van der Waals surface area contributed by atoms with E-state index in [0.29, 0.717) is 12.5 Å². The molecule has 0 amide bonds. The fourth-order valence-corrected chi connectivity index (χ4v) is 4.56. The molecule has 0 fully saturated rings. The standard InChI is InChI=1S/C17H28O2Si/c1-7-19-17(18)16(20(4,5)6)15-10-8-9-14(12-15)11-13(2)3/h8-10,12-13,16H,7,11H2,1-6H3. The van der Waals surface area contributed by atoms with E-state index in [9.17, 15) is 4.79 Å². The minimum atomic E-state index is -1.67. The lowest BCUT2D eigenvalue weighted by molar-refractivity contribution is -0.143. The molecule has 0 saturated carbocycles. The third-order valence-electron chi connectivity index (χ3n) is 3.32. The molecule has 20 heavy (non-hydrogen) atoms. The van der Waals surface area contributed by atoms with Crippen molar-refractivity contribution in [1.82, 2.24) is 0 Å². The van der Waals surface area contributed by atoms with E-state index in [0.717, 1.165) is 12.0 Å². The van der Waals surface area contributed by atoms with Gasteiger partial charge in [-0.25, -0.2) is 0 Å². The summed E-state index contributed by atoms with van der Waals surface area (Å²) >= 11 is 0. The molecule has 0 aliphatic heterocycles. The molecule has 0 heterocycles. The van der Waals surface area contributed by atoms with Crippen molar-refractivity contribution in [1.29, 1.82) is 0 Å². The van der Waals surface area contributed by atoms with Gasteiger partial charge >= 0.3 is 5.97 Å². The Kier molecular flexibility index (Phi) is 6.00. The van der Waals surface area contributed by atoms with Crippen LogP contribution in [0.3, 0.4) is 0 Å². The molecular formula is C17H28O2Si. The normalized spacial score (nSPS) is 13.3. The molecule has 112 valence electrons. The second-order valence-corrected chi connectivity index (χ2v) is 12.2. The minimum Gasteiger partial charge on any atom is -0.466 e. The fraction of sp³-hybridized carbons (Fsp3) is 0.588. The molecule has 3 heteroatoms. The van der Waals surface area contributed by atoms with Crippen LogP contribution < -0.4 is 0 Å². The molecule has 1 atom stereocenters. The van der Waals surface area contributed by atoms with Gasteiger partial charge in [0.2, 0.25) is 0 Å². The summed E-state index contributed by atoms with van der Waals surface area (Å²) in [6.45, 7) is 13.4. The van der Waals surface area contributed by atoms with Crippen LogP contribution in [0, 0.1) is 5.92 Å². The number of hydrogen-bond donors (Lipinski definition) is 0. The molecule has 2 nitrogen and oxygen atoms in total. The molecule has 1 aromatic rings. The van der Waals surface area contributed by atoms with Crippen LogP contribution in [0.15, 0.2) is 24.3 Å². The summed E-state index contributed by atoms with van der Waals surface area (Å²) < 4.78 is 5.30. The third-order valence-corrected chi connectivity index (χ3v) is 5.62. The zero-order valence-corrected chi connectivity index (χ0v) is 14.7. The molecule has 1 unspecified atom stereocenters. The number of carbonyl (C=O) groups excluding carboxylic acids is 1. The van der Waals surface area contributed by atoms with Crippen LogP contribution in [0.2, 0.25) is 19.6 Å². The molecule has 0 radical (unpaired) electrons. The highest BCUT2D eigenvalue weighted by Crippen LogP contribution is 2.29. The molecule has 0 N–H and O–H groups in total. The number of carbonyl (C=O) groups is 1. The topological polar surface area (TPSA) is 26.3 Å². The quantitative estimate of drug-likeness (QED) is 0.573. The molecule has 0 spiro atoms. The van der Waals surface area contributed by atoms with Gasteiger partial charge in [-0.2, -0.15) is 0 Å². The Morgan fingerprint density at radius 3 is 2.40 bits per heavy atom. The van der Waals surface area contributed by atoms with Crippen LogP contribution in [-0.2, 0) is 16.0 Å². The Bertz CT molecular complexity index is 447. The largest absolute Gasteiger partial charge is 0.466 e. The lowest BCUT2D eigenvalue weighted by Crippen LogP contribution is -2.37. The van der Waals surface area contributed by atoms with E-state index in [2.05, 4.69) is 57.8 Å². The number of benzene rings is 1. The summed E-state index contributed by atoms with van der Waals surface area (Å²) in [5.74, 6) is 0.562. The van der Waals surface area contributed by atoms with Gasteiger partial charge in [-0.05, 0) is 30.4 Å². The first-order valence-corrected chi connectivity index (χ1v) is 11.1. The van der Waals surface area contributed by atoms with Gasteiger partial charge in [0.25, 0.3) is 0 Å². The smallest absolute Gasteiger partial charge is 0.310 e. The van der Waals surface area contributed by atoms with Crippen molar-refractivity contribution in [2.24, 2.45) is 5.92 Å². The first kappa shape index (κ1) is 17.0. The van der Waals surface area contributed by atoms with E-state index < -0.39 is 8.07 Å². The highest BCUT2D eigenvalue weighted by Gasteiger charge is 2.35. The summed E-state index contributed by atoms with van der Waals surface area (Å²) in [6, 6.07) is 8.48. The predicted octanol–water partition coefficient (Wildman–Crippen LogP) is 4.41. The Morgan fingerprint density at radius 1 is 1.25 bits per heavy atom. The maximum Gasteiger partial charge on any atom is 0.310 e. The molecule has 1 aromatic carbocycles. The van der Waals surface area contributed by atoms with Gasteiger partial charge in [-0.3, -0.25) is 4.79 Å². The molecule has 0 saturated heterocycles. The summed E-state index contributed by atoms with van der Waals surface area (Å²) in [7, 11) is -1.67. The highest BCUT2D eigenvalue weighted by atomic mass is 28.3. The van der Waals surface area contributed by atoms with E-state index in [4.69, 9.17) is 4.74 Å². The first-order valence-electron chi connectivity index (χ1n) is 7.51. The molecule has 1 rings (SSSR count). The molecule has 0 aliphatic rings. The van der Waals surface area contributed by atoms with Crippen LogP contribution >= 0.6 is 0 Å². The maximum absolute atomic E-state index is 12.3. The van der Waals surface area contributed by atoms with Gasteiger partial charge in [0.1, 0.15) is 0 Å². The van der Waals surface area contributed by atoms with E-state index in [1.807, 2.05) is 6.92 Å². The van der Waals surface area contributed by atoms with Gasteiger partial charge in [0.05, 0.1) is 20.2 Å². The molecule has 0 aliphatic carbocycles. The minimum absolute atomic E-state index is 0.0617. The summed E-state index contributed by atoms with van der Waals surface area (Å²) in [6.07, 6.45) is 1.05. The average Bonchev–Trinajstić information content (AvgIpc) is 2.26. The van der Waals surface area contributed by atoms with Crippen LogP contribution in [-0.4, -0.2) is 20.7 Å². The van der Waals surface area contributed by atoms with Crippen molar-refractivity contribution in [3.63, 3.8) is 0 Å². The van der Waals surface area contributed by atoms with Crippen LogP contribution in [0.4, 0.5) is 0 Å².